The fourth-order valence-electron chi connectivity index (χ4n) is 1.82. The predicted molar refractivity (Wildman–Crippen MR) is 66.9 cm³/mol. The number of carbonyl (C=O) groups is 1. The summed E-state index contributed by atoms with van der Waals surface area (Å²) in [5.74, 6) is 0.333. The van der Waals surface area contributed by atoms with Gasteiger partial charge >= 0.3 is 5.97 Å². The third kappa shape index (κ3) is 6.03. The molecule has 2 atom stereocenters. The minimum atomic E-state index is -0.304. The Morgan fingerprint density at radius 3 is 2.65 bits per heavy atom. The number of methoxy groups -OCH3 is 1. The lowest BCUT2D eigenvalue weighted by Gasteiger charge is -2.17. The summed E-state index contributed by atoms with van der Waals surface area (Å²) in [7, 11) is 1.42. The SMILES string of the molecule is CCCC(C)COCC(NC1CC1)C(=O)OC. The maximum atomic E-state index is 11.5. The Kier molecular flexibility index (Phi) is 6.52. The Balaban J connectivity index is 2.20. The molecule has 0 spiro atoms. The van der Waals surface area contributed by atoms with E-state index in [1.807, 2.05) is 0 Å². The molecule has 4 nitrogen and oxygen atoms in total. The predicted octanol–water partition coefficient (Wildman–Crippen LogP) is 1.73. The molecule has 1 aliphatic rings. The molecule has 1 aliphatic carbocycles. The first-order valence-corrected chi connectivity index (χ1v) is 6.59. The van der Waals surface area contributed by atoms with Crippen molar-refractivity contribution >= 4 is 5.97 Å². The van der Waals surface area contributed by atoms with Crippen LogP contribution in [0.25, 0.3) is 0 Å². The van der Waals surface area contributed by atoms with Crippen molar-refractivity contribution < 1.29 is 14.3 Å². The first kappa shape index (κ1) is 14.5. The van der Waals surface area contributed by atoms with Gasteiger partial charge in [-0.1, -0.05) is 20.3 Å². The molecular formula is C13H25NO3. The van der Waals surface area contributed by atoms with Crippen LogP contribution in [0.1, 0.15) is 39.5 Å². The zero-order valence-electron chi connectivity index (χ0n) is 11.2. The molecule has 0 bridgehead atoms. The largest absolute Gasteiger partial charge is 0.468 e. The van der Waals surface area contributed by atoms with E-state index < -0.39 is 0 Å². The molecule has 1 rings (SSSR count). The molecule has 1 fully saturated rings. The molecule has 0 aromatic carbocycles. The molecule has 0 aromatic rings. The van der Waals surface area contributed by atoms with Crippen molar-refractivity contribution in [2.45, 2.75) is 51.6 Å². The van der Waals surface area contributed by atoms with Crippen molar-refractivity contribution in [3.63, 3.8) is 0 Å². The van der Waals surface area contributed by atoms with Crippen LogP contribution in [0.3, 0.4) is 0 Å². The third-order valence-electron chi connectivity index (χ3n) is 2.97. The van der Waals surface area contributed by atoms with E-state index in [1.165, 1.54) is 20.0 Å². The van der Waals surface area contributed by atoms with Crippen LogP contribution in [-0.4, -0.2) is 38.4 Å². The fourth-order valence-corrected chi connectivity index (χ4v) is 1.82. The number of hydrogen-bond acceptors (Lipinski definition) is 4. The van der Waals surface area contributed by atoms with Crippen molar-refractivity contribution in [3.8, 4) is 0 Å². The van der Waals surface area contributed by atoms with E-state index in [9.17, 15) is 4.79 Å². The van der Waals surface area contributed by atoms with Gasteiger partial charge in [0.05, 0.1) is 13.7 Å². The second-order valence-corrected chi connectivity index (χ2v) is 4.95. The van der Waals surface area contributed by atoms with E-state index in [0.717, 1.165) is 12.8 Å². The van der Waals surface area contributed by atoms with Crippen LogP contribution in [0.4, 0.5) is 0 Å². The summed E-state index contributed by atoms with van der Waals surface area (Å²) in [4.78, 5) is 11.5. The molecule has 0 saturated heterocycles. The van der Waals surface area contributed by atoms with Crippen molar-refractivity contribution in [1.82, 2.24) is 5.32 Å². The Labute approximate surface area is 104 Å². The molecular weight excluding hydrogens is 218 g/mol. The number of carbonyl (C=O) groups excluding carboxylic acids is 1. The van der Waals surface area contributed by atoms with E-state index in [2.05, 4.69) is 19.2 Å². The van der Waals surface area contributed by atoms with Gasteiger partial charge in [-0.3, -0.25) is 10.1 Å². The Bertz CT molecular complexity index is 229. The number of rotatable bonds is 9. The highest BCUT2D eigenvalue weighted by Crippen LogP contribution is 2.19. The molecule has 17 heavy (non-hydrogen) atoms. The summed E-state index contributed by atoms with van der Waals surface area (Å²) in [5, 5.41) is 3.25. The van der Waals surface area contributed by atoms with Crippen LogP contribution in [0.2, 0.25) is 0 Å². The van der Waals surface area contributed by atoms with Crippen molar-refractivity contribution in [1.29, 1.82) is 0 Å². The Morgan fingerprint density at radius 1 is 1.41 bits per heavy atom. The van der Waals surface area contributed by atoms with Gasteiger partial charge in [-0.2, -0.15) is 0 Å². The molecule has 0 radical (unpaired) electrons. The number of hydrogen-bond donors (Lipinski definition) is 1. The summed E-state index contributed by atoms with van der Waals surface area (Å²) in [6.07, 6.45) is 4.64. The Hall–Kier alpha value is -0.610. The second-order valence-electron chi connectivity index (χ2n) is 4.95. The number of nitrogens with one attached hydrogen (secondary N) is 1. The smallest absolute Gasteiger partial charge is 0.325 e. The van der Waals surface area contributed by atoms with Crippen LogP contribution in [0.5, 0.6) is 0 Å². The summed E-state index contributed by atoms with van der Waals surface area (Å²) < 4.78 is 10.4. The van der Waals surface area contributed by atoms with E-state index in [0.29, 0.717) is 25.2 Å². The molecule has 4 heteroatoms. The zero-order chi connectivity index (χ0) is 12.7. The number of esters is 1. The molecule has 100 valence electrons. The summed E-state index contributed by atoms with van der Waals surface area (Å²) >= 11 is 0. The van der Waals surface area contributed by atoms with E-state index >= 15 is 0 Å². The van der Waals surface area contributed by atoms with Crippen LogP contribution >= 0.6 is 0 Å². The van der Waals surface area contributed by atoms with Crippen LogP contribution in [0, 0.1) is 5.92 Å². The average Bonchev–Trinajstić information content (AvgIpc) is 3.11. The van der Waals surface area contributed by atoms with Gasteiger partial charge in [-0.25, -0.2) is 0 Å². The lowest BCUT2D eigenvalue weighted by atomic mass is 10.1. The number of ether oxygens (including phenoxy) is 2. The van der Waals surface area contributed by atoms with E-state index in [1.54, 1.807) is 0 Å². The molecule has 0 aromatic heterocycles. The van der Waals surface area contributed by atoms with Gasteiger partial charge in [0, 0.05) is 12.6 Å². The van der Waals surface area contributed by atoms with Gasteiger partial charge in [-0.05, 0) is 25.2 Å². The summed E-state index contributed by atoms with van der Waals surface area (Å²) in [5.41, 5.74) is 0. The summed E-state index contributed by atoms with van der Waals surface area (Å²) in [6.45, 7) is 5.47. The molecule has 0 amide bonds. The standard InChI is InChI=1S/C13H25NO3/c1-4-5-10(2)8-17-9-12(13(15)16-3)14-11-6-7-11/h10-12,14H,4-9H2,1-3H3. The summed E-state index contributed by atoms with van der Waals surface area (Å²) in [6, 6.07) is 0.178. The second kappa shape index (κ2) is 7.67. The molecule has 1 N–H and O–H groups in total. The van der Waals surface area contributed by atoms with Gasteiger partial charge in [0.1, 0.15) is 6.04 Å². The highest BCUT2D eigenvalue weighted by atomic mass is 16.5. The maximum Gasteiger partial charge on any atom is 0.325 e. The highest BCUT2D eigenvalue weighted by Gasteiger charge is 2.29. The lowest BCUT2D eigenvalue weighted by Crippen LogP contribution is -2.42. The molecule has 0 heterocycles. The minimum Gasteiger partial charge on any atom is -0.468 e. The monoisotopic (exact) mass is 243 g/mol. The van der Waals surface area contributed by atoms with Gasteiger partial charge < -0.3 is 9.47 Å². The third-order valence-corrected chi connectivity index (χ3v) is 2.97. The first-order valence-electron chi connectivity index (χ1n) is 6.59. The Morgan fingerprint density at radius 2 is 2.12 bits per heavy atom. The molecule has 2 unspecified atom stereocenters. The lowest BCUT2D eigenvalue weighted by molar-refractivity contribution is -0.145. The van der Waals surface area contributed by atoms with E-state index in [-0.39, 0.29) is 12.0 Å². The van der Waals surface area contributed by atoms with Gasteiger partial charge in [0.25, 0.3) is 0 Å². The molecule has 0 aliphatic heterocycles. The van der Waals surface area contributed by atoms with Crippen molar-refractivity contribution in [3.05, 3.63) is 0 Å². The normalized spacial score (nSPS) is 18.8. The quantitative estimate of drug-likeness (QED) is 0.627. The van der Waals surface area contributed by atoms with Crippen LogP contribution in [-0.2, 0) is 14.3 Å². The van der Waals surface area contributed by atoms with Crippen molar-refractivity contribution in [2.24, 2.45) is 5.92 Å². The average molecular weight is 243 g/mol. The van der Waals surface area contributed by atoms with Crippen molar-refractivity contribution in [2.75, 3.05) is 20.3 Å². The first-order chi connectivity index (χ1) is 8.17. The maximum absolute atomic E-state index is 11.5. The van der Waals surface area contributed by atoms with Gasteiger partial charge in [0.2, 0.25) is 0 Å². The van der Waals surface area contributed by atoms with E-state index in [4.69, 9.17) is 9.47 Å². The van der Waals surface area contributed by atoms with Crippen LogP contribution in [0.15, 0.2) is 0 Å². The van der Waals surface area contributed by atoms with Gasteiger partial charge in [-0.15, -0.1) is 0 Å². The topological polar surface area (TPSA) is 47.6 Å². The fraction of sp³-hybridized carbons (Fsp3) is 0.923. The molecule has 1 saturated carbocycles. The van der Waals surface area contributed by atoms with Gasteiger partial charge in [0.15, 0.2) is 0 Å². The minimum absolute atomic E-state index is 0.222. The zero-order valence-corrected chi connectivity index (χ0v) is 11.2. The highest BCUT2D eigenvalue weighted by molar-refractivity contribution is 5.75. The van der Waals surface area contributed by atoms with Crippen LogP contribution < -0.4 is 5.32 Å².